The smallest absolute Gasteiger partial charge is 0.315 e. The predicted molar refractivity (Wildman–Crippen MR) is 71.2 cm³/mol. The summed E-state index contributed by atoms with van der Waals surface area (Å²) in [6.07, 6.45) is 0. The van der Waals surface area contributed by atoms with Gasteiger partial charge in [0.25, 0.3) is 0 Å². The Morgan fingerprint density at radius 3 is 2.33 bits per heavy atom. The first-order chi connectivity index (χ1) is 8.61. The lowest BCUT2D eigenvalue weighted by Crippen LogP contribution is -2.36. The molecule has 1 aromatic carbocycles. The van der Waals surface area contributed by atoms with E-state index >= 15 is 0 Å². The van der Waals surface area contributed by atoms with Crippen LogP contribution in [0.1, 0.15) is 11.1 Å². The second-order valence-electron chi connectivity index (χ2n) is 4.39. The van der Waals surface area contributed by atoms with E-state index in [1.165, 1.54) is 5.56 Å². The van der Waals surface area contributed by atoms with Crippen LogP contribution in [0.3, 0.4) is 0 Å². The number of rotatable bonds is 6. The predicted octanol–water partition coefficient (Wildman–Crippen LogP) is 0.540. The van der Waals surface area contributed by atoms with Crippen molar-refractivity contribution >= 4 is 6.03 Å². The van der Waals surface area contributed by atoms with Crippen molar-refractivity contribution in [1.82, 2.24) is 15.5 Å². The highest BCUT2D eigenvalue weighted by Gasteiger charge is 2.00. The molecule has 0 aliphatic carbocycles. The maximum atomic E-state index is 11.2. The molecule has 0 bridgehead atoms. The summed E-state index contributed by atoms with van der Waals surface area (Å²) >= 11 is 0. The summed E-state index contributed by atoms with van der Waals surface area (Å²) < 4.78 is 0. The number of hydrogen-bond acceptors (Lipinski definition) is 3. The first-order valence-corrected chi connectivity index (χ1v) is 5.97. The Balaban J connectivity index is 2.37. The van der Waals surface area contributed by atoms with Gasteiger partial charge < -0.3 is 20.6 Å². The molecule has 0 unspecified atom stereocenters. The zero-order chi connectivity index (χ0) is 13.4. The Labute approximate surface area is 108 Å². The van der Waals surface area contributed by atoms with Crippen molar-refractivity contribution in [3.8, 4) is 0 Å². The number of benzene rings is 1. The molecule has 0 aliphatic heterocycles. The van der Waals surface area contributed by atoms with E-state index in [1.807, 2.05) is 26.2 Å². The molecule has 0 radical (unpaired) electrons. The van der Waals surface area contributed by atoms with Crippen LogP contribution in [0.25, 0.3) is 0 Å². The van der Waals surface area contributed by atoms with Crippen LogP contribution >= 0.6 is 0 Å². The molecule has 0 fully saturated rings. The molecule has 0 heterocycles. The van der Waals surface area contributed by atoms with Crippen LogP contribution in [-0.4, -0.2) is 43.3 Å². The number of nitrogens with zero attached hydrogens (tertiary/aromatic N) is 1. The third-order valence-electron chi connectivity index (χ3n) is 2.37. The van der Waals surface area contributed by atoms with E-state index < -0.39 is 0 Å². The molecule has 100 valence electrons. The largest absolute Gasteiger partial charge is 0.395 e. The maximum absolute atomic E-state index is 11.2. The van der Waals surface area contributed by atoms with Gasteiger partial charge in [-0.05, 0) is 25.2 Å². The highest BCUT2D eigenvalue weighted by Crippen LogP contribution is 2.05. The molecule has 0 aliphatic rings. The van der Waals surface area contributed by atoms with Crippen LogP contribution in [0.4, 0.5) is 4.79 Å². The number of carbonyl (C=O) groups excluding carboxylic acids is 1. The molecule has 0 spiro atoms. The monoisotopic (exact) mass is 251 g/mol. The minimum Gasteiger partial charge on any atom is -0.395 e. The molecule has 18 heavy (non-hydrogen) atoms. The summed E-state index contributed by atoms with van der Waals surface area (Å²) in [7, 11) is 4.06. The van der Waals surface area contributed by atoms with Crippen molar-refractivity contribution in [2.45, 2.75) is 13.1 Å². The fourth-order valence-electron chi connectivity index (χ4n) is 1.54. The topological polar surface area (TPSA) is 64.6 Å². The number of hydrogen-bond donors (Lipinski definition) is 3. The van der Waals surface area contributed by atoms with E-state index in [1.54, 1.807) is 0 Å². The number of urea groups is 1. The average molecular weight is 251 g/mol. The standard InChI is InChI=1S/C13H21N3O2/c1-16(2)10-12-5-3-11(4-6-12)9-15-13(18)14-7-8-17/h3-6,17H,7-10H2,1-2H3,(H2,14,15,18). The molecular formula is C13H21N3O2. The van der Waals surface area contributed by atoms with Crippen molar-refractivity contribution < 1.29 is 9.90 Å². The van der Waals surface area contributed by atoms with Crippen molar-refractivity contribution in [2.24, 2.45) is 0 Å². The van der Waals surface area contributed by atoms with E-state index in [2.05, 4.69) is 27.7 Å². The maximum Gasteiger partial charge on any atom is 0.315 e. The second kappa shape index (κ2) is 7.68. The Morgan fingerprint density at radius 2 is 1.78 bits per heavy atom. The normalized spacial score (nSPS) is 10.4. The molecule has 0 atom stereocenters. The highest BCUT2D eigenvalue weighted by molar-refractivity contribution is 5.73. The lowest BCUT2D eigenvalue weighted by atomic mass is 10.1. The second-order valence-corrected chi connectivity index (χ2v) is 4.39. The van der Waals surface area contributed by atoms with Crippen molar-refractivity contribution in [2.75, 3.05) is 27.2 Å². The van der Waals surface area contributed by atoms with Gasteiger partial charge in [0.05, 0.1) is 6.61 Å². The minimum absolute atomic E-state index is 0.0490. The third-order valence-corrected chi connectivity index (χ3v) is 2.37. The fourth-order valence-corrected chi connectivity index (χ4v) is 1.54. The van der Waals surface area contributed by atoms with Crippen LogP contribution in [0, 0.1) is 0 Å². The number of carbonyl (C=O) groups is 1. The van der Waals surface area contributed by atoms with Crippen LogP contribution in [-0.2, 0) is 13.1 Å². The molecule has 1 rings (SSSR count). The van der Waals surface area contributed by atoms with Crippen LogP contribution in [0.2, 0.25) is 0 Å². The Bertz CT molecular complexity index is 363. The average Bonchev–Trinajstić information content (AvgIpc) is 2.35. The van der Waals surface area contributed by atoms with Gasteiger partial charge in [-0.15, -0.1) is 0 Å². The van der Waals surface area contributed by atoms with Crippen molar-refractivity contribution in [3.63, 3.8) is 0 Å². The number of aliphatic hydroxyl groups is 1. The number of aliphatic hydroxyl groups excluding tert-OH is 1. The van der Waals surface area contributed by atoms with Crippen LogP contribution < -0.4 is 10.6 Å². The summed E-state index contributed by atoms with van der Waals surface area (Å²) in [6, 6.07) is 7.86. The molecule has 0 saturated heterocycles. The van der Waals surface area contributed by atoms with Crippen molar-refractivity contribution in [3.05, 3.63) is 35.4 Å². The van der Waals surface area contributed by atoms with Gasteiger partial charge in [0, 0.05) is 19.6 Å². The molecular weight excluding hydrogens is 230 g/mol. The third kappa shape index (κ3) is 5.65. The van der Waals surface area contributed by atoms with Gasteiger partial charge in [0.1, 0.15) is 0 Å². The van der Waals surface area contributed by atoms with Gasteiger partial charge in [-0.1, -0.05) is 24.3 Å². The lowest BCUT2D eigenvalue weighted by Gasteiger charge is -2.10. The molecule has 0 aromatic heterocycles. The SMILES string of the molecule is CN(C)Cc1ccc(CNC(=O)NCCO)cc1. The molecule has 0 saturated carbocycles. The summed E-state index contributed by atoms with van der Waals surface area (Å²) in [5.74, 6) is 0. The molecule has 5 heteroatoms. The summed E-state index contributed by atoms with van der Waals surface area (Å²) in [5.41, 5.74) is 2.30. The molecule has 2 amide bonds. The number of amides is 2. The van der Waals surface area contributed by atoms with Gasteiger partial charge in [0.15, 0.2) is 0 Å². The molecule has 1 aromatic rings. The van der Waals surface area contributed by atoms with Gasteiger partial charge in [0.2, 0.25) is 0 Å². The zero-order valence-corrected chi connectivity index (χ0v) is 10.9. The highest BCUT2D eigenvalue weighted by atomic mass is 16.3. The summed E-state index contributed by atoms with van der Waals surface area (Å²) in [4.78, 5) is 13.4. The quantitative estimate of drug-likeness (QED) is 0.691. The van der Waals surface area contributed by atoms with E-state index in [9.17, 15) is 4.79 Å². The Kier molecular flexibility index (Phi) is 6.18. The first kappa shape index (κ1) is 14.5. The fraction of sp³-hybridized carbons (Fsp3) is 0.462. The summed E-state index contributed by atoms with van der Waals surface area (Å²) in [6.45, 7) is 1.62. The van der Waals surface area contributed by atoms with E-state index in [0.29, 0.717) is 6.54 Å². The zero-order valence-electron chi connectivity index (χ0n) is 10.9. The van der Waals surface area contributed by atoms with Gasteiger partial charge in [-0.25, -0.2) is 4.79 Å². The van der Waals surface area contributed by atoms with Crippen molar-refractivity contribution in [1.29, 1.82) is 0 Å². The molecule has 3 N–H and O–H groups in total. The van der Waals surface area contributed by atoms with E-state index in [0.717, 1.165) is 12.1 Å². The Hall–Kier alpha value is -1.59. The van der Waals surface area contributed by atoms with E-state index in [-0.39, 0.29) is 19.2 Å². The number of nitrogens with one attached hydrogen (secondary N) is 2. The Morgan fingerprint density at radius 1 is 1.17 bits per heavy atom. The van der Waals surface area contributed by atoms with Gasteiger partial charge in [-0.2, -0.15) is 0 Å². The van der Waals surface area contributed by atoms with Crippen LogP contribution in [0.5, 0.6) is 0 Å². The van der Waals surface area contributed by atoms with Gasteiger partial charge >= 0.3 is 6.03 Å². The van der Waals surface area contributed by atoms with Gasteiger partial charge in [-0.3, -0.25) is 0 Å². The lowest BCUT2D eigenvalue weighted by molar-refractivity contribution is 0.234. The van der Waals surface area contributed by atoms with E-state index in [4.69, 9.17) is 5.11 Å². The van der Waals surface area contributed by atoms with Crippen LogP contribution in [0.15, 0.2) is 24.3 Å². The minimum atomic E-state index is -0.263. The molecule has 5 nitrogen and oxygen atoms in total. The summed E-state index contributed by atoms with van der Waals surface area (Å²) in [5, 5.41) is 13.8. The first-order valence-electron chi connectivity index (χ1n) is 5.97.